The normalized spacial score (nSPS) is 13.7. The highest BCUT2D eigenvalue weighted by molar-refractivity contribution is 5.75. The Morgan fingerprint density at radius 2 is 2.05 bits per heavy atom. The fourth-order valence-corrected chi connectivity index (χ4v) is 1.80. The van der Waals surface area contributed by atoms with Crippen LogP contribution in [0.25, 0.3) is 0 Å². The van der Waals surface area contributed by atoms with Gasteiger partial charge in [0, 0.05) is 6.42 Å². The third-order valence-electron chi connectivity index (χ3n) is 3.25. The lowest BCUT2D eigenvalue weighted by Gasteiger charge is -2.16. The van der Waals surface area contributed by atoms with E-state index in [2.05, 4.69) is 24.7 Å². The fourth-order valence-electron chi connectivity index (χ4n) is 1.80. The summed E-state index contributed by atoms with van der Waals surface area (Å²) < 4.78 is 10.3. The molecule has 0 heterocycles. The summed E-state index contributed by atoms with van der Waals surface area (Å²) in [6.45, 7) is 4.72. The van der Waals surface area contributed by atoms with Crippen molar-refractivity contribution >= 4 is 5.97 Å². The summed E-state index contributed by atoms with van der Waals surface area (Å²) in [6, 6.07) is 7.35. The first-order valence-corrected chi connectivity index (χ1v) is 6.65. The highest BCUT2D eigenvalue weighted by atomic mass is 16.5. The molecule has 0 bridgehead atoms. The summed E-state index contributed by atoms with van der Waals surface area (Å²) >= 11 is 0. The van der Waals surface area contributed by atoms with Crippen molar-refractivity contribution in [3.8, 4) is 5.75 Å². The molecule has 2 N–H and O–H groups in total. The maximum Gasteiger partial charge on any atom is 0.322 e. The Labute approximate surface area is 114 Å². The summed E-state index contributed by atoms with van der Waals surface area (Å²) in [7, 11) is 1.33. The van der Waals surface area contributed by atoms with Crippen LogP contribution in [0.1, 0.15) is 38.2 Å². The van der Waals surface area contributed by atoms with E-state index < -0.39 is 12.0 Å². The molecule has 0 saturated heterocycles. The molecule has 0 spiro atoms. The van der Waals surface area contributed by atoms with Gasteiger partial charge in [0.25, 0.3) is 0 Å². The number of esters is 1. The van der Waals surface area contributed by atoms with E-state index in [4.69, 9.17) is 10.5 Å². The summed E-state index contributed by atoms with van der Waals surface area (Å²) in [5.41, 5.74) is 6.85. The zero-order valence-corrected chi connectivity index (χ0v) is 11.9. The first kappa shape index (κ1) is 15.5. The monoisotopic (exact) mass is 265 g/mol. The summed E-state index contributed by atoms with van der Waals surface area (Å²) in [4.78, 5) is 11.2. The van der Waals surface area contributed by atoms with E-state index in [1.54, 1.807) is 0 Å². The first-order chi connectivity index (χ1) is 9.10. The van der Waals surface area contributed by atoms with Crippen LogP contribution in [0.3, 0.4) is 0 Å². The minimum absolute atomic E-state index is 0.404. The van der Waals surface area contributed by atoms with Gasteiger partial charge >= 0.3 is 5.97 Å². The van der Waals surface area contributed by atoms with Crippen molar-refractivity contribution in [2.75, 3.05) is 13.7 Å². The molecule has 19 heavy (non-hydrogen) atoms. The van der Waals surface area contributed by atoms with E-state index in [-0.39, 0.29) is 0 Å². The quantitative estimate of drug-likeness (QED) is 0.769. The molecular weight excluding hydrogens is 242 g/mol. The van der Waals surface area contributed by atoms with E-state index in [0.717, 1.165) is 12.2 Å². The molecule has 1 rings (SSSR count). The minimum Gasteiger partial charge on any atom is -0.493 e. The van der Waals surface area contributed by atoms with E-state index in [1.165, 1.54) is 12.7 Å². The predicted octanol–water partition coefficient (Wildman–Crippen LogP) is 2.47. The van der Waals surface area contributed by atoms with Gasteiger partial charge in [-0.25, -0.2) is 0 Å². The van der Waals surface area contributed by atoms with E-state index in [9.17, 15) is 4.79 Å². The molecule has 0 aliphatic heterocycles. The number of hydrogen-bond acceptors (Lipinski definition) is 4. The van der Waals surface area contributed by atoms with Crippen LogP contribution >= 0.6 is 0 Å². The summed E-state index contributed by atoms with van der Waals surface area (Å²) in [6.07, 6.45) is 1.50. The van der Waals surface area contributed by atoms with Crippen molar-refractivity contribution in [1.29, 1.82) is 0 Å². The number of carbonyl (C=O) groups is 1. The number of hydrogen-bond donors (Lipinski definition) is 1. The predicted molar refractivity (Wildman–Crippen MR) is 75.3 cm³/mol. The Hall–Kier alpha value is -1.55. The third-order valence-corrected chi connectivity index (χ3v) is 3.25. The minimum atomic E-state index is -0.624. The SMILES string of the molecule is CCC(C)c1ccccc1OCCC(N)C(=O)OC. The van der Waals surface area contributed by atoms with Gasteiger partial charge in [0.2, 0.25) is 0 Å². The van der Waals surface area contributed by atoms with E-state index >= 15 is 0 Å². The van der Waals surface area contributed by atoms with Gasteiger partial charge in [-0.1, -0.05) is 32.0 Å². The molecule has 1 aromatic carbocycles. The third kappa shape index (κ3) is 4.56. The highest BCUT2D eigenvalue weighted by Crippen LogP contribution is 2.28. The molecule has 0 radical (unpaired) electrons. The molecule has 0 aliphatic rings. The molecule has 4 heteroatoms. The molecule has 0 aliphatic carbocycles. The van der Waals surface area contributed by atoms with Crippen LogP contribution in [0.15, 0.2) is 24.3 Å². The first-order valence-electron chi connectivity index (χ1n) is 6.65. The Balaban J connectivity index is 2.56. The molecule has 2 unspecified atom stereocenters. The van der Waals surface area contributed by atoms with E-state index in [0.29, 0.717) is 18.9 Å². The molecule has 106 valence electrons. The van der Waals surface area contributed by atoms with Crippen molar-refractivity contribution in [1.82, 2.24) is 0 Å². The average molecular weight is 265 g/mol. The van der Waals surface area contributed by atoms with Crippen LogP contribution < -0.4 is 10.5 Å². The lowest BCUT2D eigenvalue weighted by molar-refractivity contribution is -0.142. The second-order valence-corrected chi connectivity index (χ2v) is 4.61. The van der Waals surface area contributed by atoms with Crippen LogP contribution in [0, 0.1) is 0 Å². The fraction of sp³-hybridized carbons (Fsp3) is 0.533. The summed E-state index contributed by atoms with van der Waals surface area (Å²) in [5, 5.41) is 0. The molecule has 0 fully saturated rings. The maximum atomic E-state index is 11.2. The van der Waals surface area contributed by atoms with Crippen molar-refractivity contribution in [3.05, 3.63) is 29.8 Å². The molecule has 0 amide bonds. The second-order valence-electron chi connectivity index (χ2n) is 4.61. The van der Waals surface area contributed by atoms with Gasteiger partial charge in [-0.15, -0.1) is 0 Å². The lowest BCUT2D eigenvalue weighted by Crippen LogP contribution is -2.33. The number of para-hydroxylation sites is 1. The van der Waals surface area contributed by atoms with Gasteiger partial charge in [-0.3, -0.25) is 4.79 Å². The average Bonchev–Trinajstić information content (AvgIpc) is 2.45. The molecular formula is C15H23NO3. The van der Waals surface area contributed by atoms with E-state index in [1.807, 2.05) is 18.2 Å². The number of carbonyl (C=O) groups excluding carboxylic acids is 1. The van der Waals surface area contributed by atoms with Crippen molar-refractivity contribution in [2.45, 2.75) is 38.6 Å². The molecule has 2 atom stereocenters. The van der Waals surface area contributed by atoms with Crippen LogP contribution in [-0.4, -0.2) is 25.7 Å². The number of methoxy groups -OCH3 is 1. The van der Waals surface area contributed by atoms with Crippen LogP contribution in [0.4, 0.5) is 0 Å². The number of benzene rings is 1. The van der Waals surface area contributed by atoms with Crippen molar-refractivity contribution in [3.63, 3.8) is 0 Å². The standard InChI is InChI=1S/C15H23NO3/c1-4-11(2)12-7-5-6-8-14(12)19-10-9-13(16)15(17)18-3/h5-8,11,13H,4,9-10,16H2,1-3H3. The molecule has 1 aromatic rings. The molecule has 0 aromatic heterocycles. The molecule has 4 nitrogen and oxygen atoms in total. The Kier molecular flexibility index (Phi) is 6.36. The smallest absolute Gasteiger partial charge is 0.322 e. The summed E-state index contributed by atoms with van der Waals surface area (Å²) in [5.74, 6) is 0.915. The zero-order valence-electron chi connectivity index (χ0n) is 11.9. The number of rotatable bonds is 7. The topological polar surface area (TPSA) is 61.5 Å². The van der Waals surface area contributed by atoms with Crippen LogP contribution in [-0.2, 0) is 9.53 Å². The van der Waals surface area contributed by atoms with Crippen molar-refractivity contribution < 1.29 is 14.3 Å². The highest BCUT2D eigenvalue weighted by Gasteiger charge is 2.14. The second kappa shape index (κ2) is 7.79. The van der Waals surface area contributed by atoms with Crippen LogP contribution in [0.2, 0.25) is 0 Å². The van der Waals surface area contributed by atoms with Crippen LogP contribution in [0.5, 0.6) is 5.75 Å². The Morgan fingerprint density at radius 1 is 1.37 bits per heavy atom. The number of ether oxygens (including phenoxy) is 2. The maximum absolute atomic E-state index is 11.2. The van der Waals surface area contributed by atoms with Crippen molar-refractivity contribution in [2.24, 2.45) is 5.73 Å². The van der Waals surface area contributed by atoms with Gasteiger partial charge in [0.1, 0.15) is 11.8 Å². The number of nitrogens with two attached hydrogens (primary N) is 1. The Bertz CT molecular complexity index is 406. The zero-order chi connectivity index (χ0) is 14.3. The lowest BCUT2D eigenvalue weighted by atomic mass is 9.98. The van der Waals surface area contributed by atoms with Gasteiger partial charge in [-0.2, -0.15) is 0 Å². The largest absolute Gasteiger partial charge is 0.493 e. The van der Waals surface area contributed by atoms with Gasteiger partial charge in [0.05, 0.1) is 13.7 Å². The van der Waals surface area contributed by atoms with Gasteiger partial charge < -0.3 is 15.2 Å². The Morgan fingerprint density at radius 3 is 2.68 bits per heavy atom. The molecule has 0 saturated carbocycles. The van der Waals surface area contributed by atoms with Gasteiger partial charge in [-0.05, 0) is 24.0 Å². The van der Waals surface area contributed by atoms with Gasteiger partial charge in [0.15, 0.2) is 0 Å².